The van der Waals surface area contributed by atoms with Gasteiger partial charge in [-0.15, -0.1) is 0 Å². The van der Waals surface area contributed by atoms with Crippen molar-refractivity contribution >= 4 is 0 Å². The van der Waals surface area contributed by atoms with E-state index in [2.05, 4.69) is 31.2 Å². The maximum absolute atomic E-state index is 5.61. The predicted molar refractivity (Wildman–Crippen MR) is 55.3 cm³/mol. The smallest absolute Gasteiger partial charge is 0.106 e. The molecule has 2 nitrogen and oxygen atoms in total. The van der Waals surface area contributed by atoms with Crippen molar-refractivity contribution < 1.29 is 9.47 Å². The zero-order chi connectivity index (χ0) is 9.80. The highest BCUT2D eigenvalue weighted by Crippen LogP contribution is 2.20. The molecule has 76 valence electrons. The van der Waals surface area contributed by atoms with E-state index >= 15 is 0 Å². The van der Waals surface area contributed by atoms with E-state index in [0.717, 1.165) is 13.0 Å². The zero-order valence-corrected chi connectivity index (χ0v) is 8.53. The van der Waals surface area contributed by atoms with E-state index in [4.69, 9.17) is 9.47 Å². The van der Waals surface area contributed by atoms with E-state index in [-0.39, 0.29) is 6.10 Å². The molecular weight excluding hydrogens is 176 g/mol. The van der Waals surface area contributed by atoms with Gasteiger partial charge < -0.3 is 9.47 Å². The first kappa shape index (κ1) is 9.69. The summed E-state index contributed by atoms with van der Waals surface area (Å²) in [6.45, 7) is 4.28. The van der Waals surface area contributed by atoms with E-state index < -0.39 is 0 Å². The first-order chi connectivity index (χ1) is 6.90. The van der Waals surface area contributed by atoms with Crippen molar-refractivity contribution in [3.05, 3.63) is 35.4 Å². The van der Waals surface area contributed by atoms with Crippen LogP contribution in [0.25, 0.3) is 0 Å². The third-order valence-electron chi connectivity index (χ3n) is 2.58. The predicted octanol–water partition coefficient (Wildman–Crippen LogP) is 2.34. The van der Waals surface area contributed by atoms with Crippen molar-refractivity contribution in [3.63, 3.8) is 0 Å². The molecule has 0 N–H and O–H groups in total. The summed E-state index contributed by atoms with van der Waals surface area (Å²) < 4.78 is 11.0. The van der Waals surface area contributed by atoms with Crippen molar-refractivity contribution in [2.24, 2.45) is 0 Å². The number of ether oxygens (including phenoxy) is 2. The molecule has 1 aromatic carbocycles. The van der Waals surface area contributed by atoms with E-state index in [1.807, 2.05) is 0 Å². The first-order valence-corrected chi connectivity index (χ1v) is 5.18. The van der Waals surface area contributed by atoms with E-state index in [0.29, 0.717) is 13.2 Å². The SMILES string of the molecule is CCc1ccc(C2COCCO2)cc1. The highest BCUT2D eigenvalue weighted by atomic mass is 16.6. The second-order valence-corrected chi connectivity index (χ2v) is 3.53. The molecule has 1 atom stereocenters. The Morgan fingerprint density at radius 1 is 1.21 bits per heavy atom. The summed E-state index contributed by atoms with van der Waals surface area (Å²) in [5.74, 6) is 0. The van der Waals surface area contributed by atoms with Crippen LogP contribution >= 0.6 is 0 Å². The minimum atomic E-state index is 0.134. The number of rotatable bonds is 2. The molecule has 2 heteroatoms. The van der Waals surface area contributed by atoms with Crippen molar-refractivity contribution in [2.75, 3.05) is 19.8 Å². The Balaban J connectivity index is 2.07. The van der Waals surface area contributed by atoms with Crippen molar-refractivity contribution in [2.45, 2.75) is 19.4 Å². The van der Waals surface area contributed by atoms with Gasteiger partial charge in [-0.1, -0.05) is 31.2 Å². The lowest BCUT2D eigenvalue weighted by molar-refractivity contribution is -0.0901. The largest absolute Gasteiger partial charge is 0.376 e. The number of hydrogen-bond acceptors (Lipinski definition) is 2. The van der Waals surface area contributed by atoms with Crippen LogP contribution < -0.4 is 0 Å². The van der Waals surface area contributed by atoms with Crippen molar-refractivity contribution in [1.82, 2.24) is 0 Å². The lowest BCUT2D eigenvalue weighted by atomic mass is 10.1. The molecule has 14 heavy (non-hydrogen) atoms. The Morgan fingerprint density at radius 2 is 2.00 bits per heavy atom. The van der Waals surface area contributed by atoms with Gasteiger partial charge in [-0.05, 0) is 17.5 Å². The second-order valence-electron chi connectivity index (χ2n) is 3.53. The fraction of sp³-hybridized carbons (Fsp3) is 0.500. The lowest BCUT2D eigenvalue weighted by Gasteiger charge is -2.23. The lowest BCUT2D eigenvalue weighted by Crippen LogP contribution is -2.21. The summed E-state index contributed by atoms with van der Waals surface area (Å²) >= 11 is 0. The molecule has 1 aliphatic rings. The number of aryl methyl sites for hydroxylation is 1. The normalized spacial score (nSPS) is 22.2. The molecule has 0 aromatic heterocycles. The fourth-order valence-corrected chi connectivity index (χ4v) is 1.65. The second kappa shape index (κ2) is 4.58. The minimum Gasteiger partial charge on any atom is -0.376 e. The van der Waals surface area contributed by atoms with Gasteiger partial charge in [-0.25, -0.2) is 0 Å². The standard InChI is InChI=1S/C12H16O2/c1-2-10-3-5-11(6-4-10)12-9-13-7-8-14-12/h3-6,12H,2,7-9H2,1H3. The molecule has 1 unspecified atom stereocenters. The first-order valence-electron chi connectivity index (χ1n) is 5.18. The molecule has 1 aliphatic heterocycles. The molecule has 0 amide bonds. The molecule has 1 fully saturated rings. The summed E-state index contributed by atoms with van der Waals surface area (Å²) in [4.78, 5) is 0. The zero-order valence-electron chi connectivity index (χ0n) is 8.53. The van der Waals surface area contributed by atoms with Gasteiger partial charge in [-0.3, -0.25) is 0 Å². The summed E-state index contributed by atoms with van der Waals surface area (Å²) in [6.07, 6.45) is 1.22. The Kier molecular flexibility index (Phi) is 3.17. The summed E-state index contributed by atoms with van der Waals surface area (Å²) in [5, 5.41) is 0. The average Bonchev–Trinajstić information content (AvgIpc) is 2.30. The van der Waals surface area contributed by atoms with Crippen LogP contribution in [0.2, 0.25) is 0 Å². The summed E-state index contributed by atoms with van der Waals surface area (Å²) in [7, 11) is 0. The quantitative estimate of drug-likeness (QED) is 0.716. The Labute approximate surface area is 84.8 Å². The van der Waals surface area contributed by atoms with Crippen LogP contribution in [0.4, 0.5) is 0 Å². The average molecular weight is 192 g/mol. The van der Waals surface area contributed by atoms with Gasteiger partial charge in [0, 0.05) is 0 Å². The summed E-state index contributed by atoms with van der Waals surface area (Å²) in [5.41, 5.74) is 2.59. The van der Waals surface area contributed by atoms with Crippen LogP contribution in [-0.4, -0.2) is 19.8 Å². The van der Waals surface area contributed by atoms with Crippen molar-refractivity contribution in [3.8, 4) is 0 Å². The van der Waals surface area contributed by atoms with Gasteiger partial charge in [0.05, 0.1) is 19.8 Å². The molecule has 2 rings (SSSR count). The Morgan fingerprint density at radius 3 is 2.57 bits per heavy atom. The molecule has 0 radical (unpaired) electrons. The third-order valence-corrected chi connectivity index (χ3v) is 2.58. The van der Waals surface area contributed by atoms with Crippen LogP contribution in [0.3, 0.4) is 0 Å². The maximum Gasteiger partial charge on any atom is 0.106 e. The molecule has 0 bridgehead atoms. The minimum absolute atomic E-state index is 0.134. The highest BCUT2D eigenvalue weighted by Gasteiger charge is 2.15. The van der Waals surface area contributed by atoms with Crippen LogP contribution in [0.5, 0.6) is 0 Å². The molecule has 1 heterocycles. The number of benzene rings is 1. The van der Waals surface area contributed by atoms with Gasteiger partial charge >= 0.3 is 0 Å². The van der Waals surface area contributed by atoms with Crippen LogP contribution in [0, 0.1) is 0 Å². The van der Waals surface area contributed by atoms with Gasteiger partial charge in [0.2, 0.25) is 0 Å². The van der Waals surface area contributed by atoms with Crippen LogP contribution in [0.15, 0.2) is 24.3 Å². The monoisotopic (exact) mass is 192 g/mol. The van der Waals surface area contributed by atoms with Crippen molar-refractivity contribution in [1.29, 1.82) is 0 Å². The van der Waals surface area contributed by atoms with Crippen LogP contribution in [-0.2, 0) is 15.9 Å². The molecular formula is C12H16O2. The van der Waals surface area contributed by atoms with Gasteiger partial charge in [0.1, 0.15) is 6.10 Å². The molecule has 1 saturated heterocycles. The van der Waals surface area contributed by atoms with Gasteiger partial charge in [-0.2, -0.15) is 0 Å². The molecule has 1 aromatic rings. The fourth-order valence-electron chi connectivity index (χ4n) is 1.65. The van der Waals surface area contributed by atoms with E-state index in [1.165, 1.54) is 11.1 Å². The third kappa shape index (κ3) is 2.14. The van der Waals surface area contributed by atoms with E-state index in [9.17, 15) is 0 Å². The van der Waals surface area contributed by atoms with Crippen LogP contribution in [0.1, 0.15) is 24.2 Å². The van der Waals surface area contributed by atoms with Gasteiger partial charge in [0.25, 0.3) is 0 Å². The highest BCUT2D eigenvalue weighted by molar-refractivity contribution is 5.24. The number of hydrogen-bond donors (Lipinski definition) is 0. The Hall–Kier alpha value is -0.860. The maximum atomic E-state index is 5.61. The molecule has 0 aliphatic carbocycles. The molecule has 0 spiro atoms. The Bertz CT molecular complexity index is 273. The summed E-state index contributed by atoms with van der Waals surface area (Å²) in [6, 6.07) is 8.59. The van der Waals surface area contributed by atoms with Gasteiger partial charge in [0.15, 0.2) is 0 Å². The van der Waals surface area contributed by atoms with E-state index in [1.54, 1.807) is 0 Å². The molecule has 0 saturated carbocycles. The topological polar surface area (TPSA) is 18.5 Å².